The molecule has 1 aliphatic heterocycles. The zero-order chi connectivity index (χ0) is 61.2. The standard InChI is InChI=1S/C28H33ClFN7O4.C23H22ClFN8O4.C6H12/c1-17(2)36(15-23(38)32-14-18-7-6-8-21(29)25(18)30)24(39)16-37-22-10-9-19(13-20(22)26(34-37)27(31)40)33-28(41)35-11-4-3-5-12-35;1-12(2)32(10-18(34)28-9-14-4-3-5-16(24)20(14)25)19(35)11-33-17-7-6-13(23(37)29-31-27)8-15(17)21(30-33)22(26)36;1-2-4-6-5-3-1/h6-10,13,17H,3-5,11-12,14-16H2,1-2H3,(H2,31,40)(H,32,38)(H,33,41);3-8,12H,9-11H2,1-2H3,(H2,26,36)(H,28,34);1-6H2. The fourth-order valence-corrected chi connectivity index (χ4v) is 9.76. The number of urea groups is 1. The van der Waals surface area contributed by atoms with Crippen molar-refractivity contribution < 1.29 is 47.1 Å². The van der Waals surface area contributed by atoms with Gasteiger partial charge in [-0.25, -0.2) is 13.6 Å². The summed E-state index contributed by atoms with van der Waals surface area (Å²) in [5, 5.41) is 19.9. The van der Waals surface area contributed by atoms with Gasteiger partial charge < -0.3 is 42.1 Å². The third-order valence-electron chi connectivity index (χ3n) is 13.8. The van der Waals surface area contributed by atoms with E-state index in [1.165, 1.54) is 100 Å². The normalized spacial score (nSPS) is 13.0. The first-order valence-electron chi connectivity index (χ1n) is 27.3. The summed E-state index contributed by atoms with van der Waals surface area (Å²) in [5.74, 6) is -5.71. The number of nitrogens with two attached hydrogens (primary N) is 2. The molecule has 0 radical (unpaired) electrons. The maximum absolute atomic E-state index is 14.2. The van der Waals surface area contributed by atoms with Crippen LogP contribution in [0.4, 0.5) is 19.3 Å². The molecule has 0 unspecified atom stereocenters. The van der Waals surface area contributed by atoms with Crippen LogP contribution in [-0.4, -0.2) is 120 Å². The Bertz CT molecular complexity index is 3450. The highest BCUT2D eigenvalue weighted by atomic mass is 35.5. The van der Waals surface area contributed by atoms with Gasteiger partial charge in [-0.3, -0.25) is 42.9 Å². The van der Waals surface area contributed by atoms with E-state index in [1.54, 1.807) is 62.9 Å². The number of piperidine rings is 1. The number of hydrogen-bond donors (Lipinski definition) is 5. The number of likely N-dealkylation sites (tertiary alicyclic amines) is 1. The summed E-state index contributed by atoms with van der Waals surface area (Å²) in [7, 11) is 0. The number of nitrogens with zero attached hydrogens (tertiary/aromatic N) is 10. The molecule has 1 saturated heterocycles. The zero-order valence-corrected chi connectivity index (χ0v) is 48.5. The highest BCUT2D eigenvalue weighted by Gasteiger charge is 2.27. The van der Waals surface area contributed by atoms with Crippen molar-refractivity contribution >= 4 is 98.1 Å². The van der Waals surface area contributed by atoms with Gasteiger partial charge in [-0.2, -0.15) is 10.2 Å². The molecule has 2 aliphatic rings. The minimum Gasteiger partial charge on any atom is -0.364 e. The molecule has 84 heavy (non-hydrogen) atoms. The summed E-state index contributed by atoms with van der Waals surface area (Å²) < 4.78 is 30.8. The Morgan fingerprint density at radius 3 is 1.50 bits per heavy atom. The average Bonchev–Trinajstić information content (AvgIpc) is 2.75. The van der Waals surface area contributed by atoms with Crippen molar-refractivity contribution in [2.24, 2.45) is 16.6 Å². The molecule has 4 aromatic carbocycles. The lowest BCUT2D eigenvalue weighted by Gasteiger charge is -2.27. The maximum Gasteiger partial charge on any atom is 0.321 e. The van der Waals surface area contributed by atoms with Gasteiger partial charge in [-0.15, -0.1) is 0 Å². The second-order valence-electron chi connectivity index (χ2n) is 20.5. The predicted molar refractivity (Wildman–Crippen MR) is 312 cm³/mol. The smallest absolute Gasteiger partial charge is 0.321 e. The van der Waals surface area contributed by atoms with Crippen molar-refractivity contribution in [1.82, 2.24) is 44.9 Å². The van der Waals surface area contributed by atoms with E-state index in [0.717, 1.165) is 19.3 Å². The van der Waals surface area contributed by atoms with E-state index >= 15 is 0 Å². The summed E-state index contributed by atoms with van der Waals surface area (Å²) >= 11 is 11.6. The molecule has 6 aromatic rings. The summed E-state index contributed by atoms with van der Waals surface area (Å²) in [5.41, 5.74) is 20.9. The Labute approximate surface area is 492 Å². The van der Waals surface area contributed by atoms with Crippen LogP contribution in [0.25, 0.3) is 32.2 Å². The number of azide groups is 1. The van der Waals surface area contributed by atoms with E-state index in [0.29, 0.717) is 35.2 Å². The molecule has 2 fully saturated rings. The fourth-order valence-electron chi connectivity index (χ4n) is 9.37. The van der Waals surface area contributed by atoms with Crippen LogP contribution in [0, 0.1) is 11.6 Å². The van der Waals surface area contributed by atoms with Gasteiger partial charge in [-0.05, 0) is 106 Å². The topological polar surface area (TPSA) is 319 Å². The van der Waals surface area contributed by atoms with Crippen LogP contribution in [0.2, 0.25) is 10.0 Å². The second kappa shape index (κ2) is 30.6. The molecular weight excluding hydrogens is 1130 g/mol. The third kappa shape index (κ3) is 17.4. The second-order valence-corrected chi connectivity index (χ2v) is 21.3. The van der Waals surface area contributed by atoms with Crippen LogP contribution in [-0.2, 0) is 45.4 Å². The molecular formula is C57H67Cl2F2N15O8. The number of rotatable bonds is 18. The van der Waals surface area contributed by atoms with Crippen molar-refractivity contribution in [3.63, 3.8) is 0 Å². The van der Waals surface area contributed by atoms with Gasteiger partial charge >= 0.3 is 6.03 Å². The summed E-state index contributed by atoms with van der Waals surface area (Å²) in [6.07, 6.45) is 12.0. The van der Waals surface area contributed by atoms with Crippen LogP contribution in [0.5, 0.6) is 0 Å². The van der Waals surface area contributed by atoms with Crippen molar-refractivity contribution in [2.75, 3.05) is 31.5 Å². The Morgan fingerprint density at radius 2 is 1.07 bits per heavy atom. The van der Waals surface area contributed by atoms with E-state index in [1.807, 2.05) is 0 Å². The monoisotopic (exact) mass is 1200 g/mol. The molecule has 23 nitrogen and oxygen atoms in total. The lowest BCUT2D eigenvalue weighted by Crippen LogP contribution is -2.45. The Kier molecular flexibility index (Phi) is 23.5. The van der Waals surface area contributed by atoms with E-state index in [4.69, 9.17) is 40.2 Å². The predicted octanol–water partition coefficient (Wildman–Crippen LogP) is 8.77. The molecule has 0 atom stereocenters. The van der Waals surface area contributed by atoms with Gasteiger partial charge in [0.2, 0.25) is 29.5 Å². The molecule has 7 N–H and O–H groups in total. The average molecular weight is 1200 g/mol. The van der Waals surface area contributed by atoms with E-state index in [9.17, 15) is 47.1 Å². The molecule has 1 saturated carbocycles. The Morgan fingerprint density at radius 1 is 0.643 bits per heavy atom. The highest BCUT2D eigenvalue weighted by Crippen LogP contribution is 2.26. The van der Waals surface area contributed by atoms with Crippen LogP contribution < -0.4 is 27.4 Å². The first kappa shape index (κ1) is 64.5. The molecule has 8 rings (SSSR count). The first-order valence-corrected chi connectivity index (χ1v) is 28.1. The summed E-state index contributed by atoms with van der Waals surface area (Å²) in [6, 6.07) is 17.0. The molecule has 3 heterocycles. The maximum atomic E-state index is 14.2. The van der Waals surface area contributed by atoms with Crippen molar-refractivity contribution in [2.45, 2.75) is 124 Å². The van der Waals surface area contributed by atoms with Gasteiger partial charge in [0.25, 0.3) is 11.8 Å². The first-order chi connectivity index (χ1) is 40.1. The van der Waals surface area contributed by atoms with Gasteiger partial charge in [0.15, 0.2) is 11.4 Å². The summed E-state index contributed by atoms with van der Waals surface area (Å²) in [4.78, 5) is 107. The zero-order valence-electron chi connectivity index (χ0n) is 47.0. The molecule has 9 amide bonds. The Hall–Kier alpha value is -8.67. The third-order valence-corrected chi connectivity index (χ3v) is 14.4. The number of carbonyl (C=O) groups excluding carboxylic acids is 8. The number of carbonyl (C=O) groups is 8. The van der Waals surface area contributed by atoms with Crippen LogP contribution in [0.15, 0.2) is 77.9 Å². The molecule has 446 valence electrons. The van der Waals surface area contributed by atoms with Gasteiger partial charge in [0.1, 0.15) is 24.7 Å². The van der Waals surface area contributed by atoms with Crippen molar-refractivity contribution in [3.8, 4) is 0 Å². The van der Waals surface area contributed by atoms with E-state index < -0.39 is 53.0 Å². The molecule has 0 spiro atoms. The number of hydrogen-bond acceptors (Lipinski definition) is 10. The highest BCUT2D eigenvalue weighted by molar-refractivity contribution is 6.31. The van der Waals surface area contributed by atoms with Crippen LogP contribution in [0.1, 0.15) is 128 Å². The molecule has 1 aliphatic carbocycles. The molecule has 0 bridgehead atoms. The summed E-state index contributed by atoms with van der Waals surface area (Å²) in [6.45, 7) is 6.91. The minimum absolute atomic E-state index is 0.00953. The van der Waals surface area contributed by atoms with E-state index in [-0.39, 0.29) is 101 Å². The number of aromatic nitrogens is 4. The quantitative estimate of drug-likeness (QED) is 0.0309. The van der Waals surface area contributed by atoms with Crippen LogP contribution in [0.3, 0.4) is 0 Å². The number of primary amides is 2. The number of nitrogens with one attached hydrogen (secondary N) is 3. The fraction of sp³-hybridized carbons (Fsp3) is 0.404. The lowest BCUT2D eigenvalue weighted by atomic mass is 10.0. The SMILES string of the molecule is C1CCCCC1.CC(C)N(CC(=O)NCc1cccc(Cl)c1F)C(=O)Cn1nc(C(N)=O)c2cc(C(=O)N=[N+]=[N-])ccc21.CC(C)N(CC(=O)NCc1cccc(Cl)c1F)C(=O)Cn1nc(C(N)=O)c2cc(NC(=O)N3CCCCC3)ccc21. The molecule has 2 aromatic heterocycles. The van der Waals surface area contributed by atoms with Crippen LogP contribution >= 0.6 is 23.2 Å². The number of halogens is 4. The van der Waals surface area contributed by atoms with E-state index in [2.05, 4.69) is 36.2 Å². The number of anilines is 1. The Balaban J connectivity index is 0.000000245. The molecule has 27 heteroatoms. The van der Waals surface area contributed by atoms with Crippen molar-refractivity contribution in [1.29, 1.82) is 0 Å². The van der Waals surface area contributed by atoms with Gasteiger partial charge in [0.05, 0.1) is 34.2 Å². The van der Waals surface area contributed by atoms with Crippen molar-refractivity contribution in [3.05, 3.63) is 133 Å². The largest absolute Gasteiger partial charge is 0.364 e. The lowest BCUT2D eigenvalue weighted by molar-refractivity contribution is -0.138. The van der Waals surface area contributed by atoms with Gasteiger partial charge in [-0.1, -0.05) is 86.0 Å². The number of fused-ring (bicyclic) bond motifs is 2. The number of amides is 9. The number of benzene rings is 4. The minimum atomic E-state index is -0.891. The van der Waals surface area contributed by atoms with Gasteiger partial charge in [0, 0.05) is 76.3 Å².